The van der Waals surface area contributed by atoms with Crippen LogP contribution < -0.4 is 21.3 Å². The smallest absolute Gasteiger partial charge is 0.264 e. The molecule has 0 spiro atoms. The Morgan fingerprint density at radius 1 is 1.14 bits per heavy atom. The molecule has 1 fully saturated rings. The second-order valence-electron chi connectivity index (χ2n) is 13.1. The SMILES string of the molecule is CNCCCc1cc(-c2cnc(CC(=O)NCC(C)(C)C)nc2)c(C(F)F)cc1C1=C(NC2CCNCC2)CCN(C)C1. The second-order valence-corrected chi connectivity index (χ2v) is 13.1. The molecule has 8 nitrogen and oxygen atoms in total. The van der Waals surface area contributed by atoms with Gasteiger partial charge in [0.05, 0.1) is 6.42 Å². The number of aryl methyl sites for hydroxylation is 1. The number of amides is 1. The summed E-state index contributed by atoms with van der Waals surface area (Å²) < 4.78 is 29.4. The van der Waals surface area contributed by atoms with Crippen LogP contribution in [0.1, 0.15) is 75.4 Å². The Balaban J connectivity index is 1.69. The van der Waals surface area contributed by atoms with Gasteiger partial charge in [-0.05, 0) is 99.2 Å². The lowest BCUT2D eigenvalue weighted by Gasteiger charge is -2.34. The van der Waals surface area contributed by atoms with Crippen LogP contribution >= 0.6 is 0 Å². The highest BCUT2D eigenvalue weighted by atomic mass is 19.3. The van der Waals surface area contributed by atoms with Crippen molar-refractivity contribution in [1.29, 1.82) is 0 Å². The van der Waals surface area contributed by atoms with Crippen LogP contribution in [-0.4, -0.2) is 80.2 Å². The number of halogens is 2. The number of hydrogen-bond donors (Lipinski definition) is 4. The zero-order valence-corrected chi connectivity index (χ0v) is 26.5. The summed E-state index contributed by atoms with van der Waals surface area (Å²) in [6, 6.07) is 4.02. The molecule has 1 amide bonds. The van der Waals surface area contributed by atoms with E-state index in [2.05, 4.69) is 43.2 Å². The number of piperidine rings is 1. The van der Waals surface area contributed by atoms with Crippen LogP contribution in [0.15, 0.2) is 30.2 Å². The third kappa shape index (κ3) is 9.52. The predicted molar refractivity (Wildman–Crippen MR) is 169 cm³/mol. The normalized spacial score (nSPS) is 17.0. The van der Waals surface area contributed by atoms with Crippen molar-refractivity contribution in [2.75, 3.05) is 53.4 Å². The molecule has 43 heavy (non-hydrogen) atoms. The van der Waals surface area contributed by atoms with Gasteiger partial charge in [-0.3, -0.25) is 4.79 Å². The molecule has 4 rings (SSSR count). The van der Waals surface area contributed by atoms with Crippen molar-refractivity contribution in [2.24, 2.45) is 5.41 Å². The highest BCUT2D eigenvalue weighted by Crippen LogP contribution is 2.38. The molecule has 4 N–H and O–H groups in total. The number of likely N-dealkylation sites (N-methyl/N-ethyl adjacent to an activating group) is 1. The summed E-state index contributed by atoms with van der Waals surface area (Å²) in [5, 5.41) is 13.4. The van der Waals surface area contributed by atoms with Crippen LogP contribution in [-0.2, 0) is 17.6 Å². The van der Waals surface area contributed by atoms with Gasteiger partial charge in [-0.1, -0.05) is 20.8 Å². The molecule has 3 heterocycles. The zero-order valence-electron chi connectivity index (χ0n) is 26.5. The number of nitrogens with one attached hydrogen (secondary N) is 4. The third-order valence-corrected chi connectivity index (χ3v) is 8.11. The van der Waals surface area contributed by atoms with Gasteiger partial charge in [-0.25, -0.2) is 18.7 Å². The van der Waals surface area contributed by atoms with E-state index in [-0.39, 0.29) is 23.3 Å². The number of aromatic nitrogens is 2. The van der Waals surface area contributed by atoms with E-state index in [1.165, 1.54) is 5.70 Å². The maximum absolute atomic E-state index is 14.7. The van der Waals surface area contributed by atoms with Gasteiger partial charge < -0.3 is 26.2 Å². The van der Waals surface area contributed by atoms with Gasteiger partial charge in [0.2, 0.25) is 5.91 Å². The Morgan fingerprint density at radius 3 is 2.51 bits per heavy atom. The van der Waals surface area contributed by atoms with Crippen molar-refractivity contribution in [1.82, 2.24) is 36.1 Å². The first-order chi connectivity index (χ1) is 20.5. The van der Waals surface area contributed by atoms with E-state index in [1.807, 2.05) is 33.9 Å². The summed E-state index contributed by atoms with van der Waals surface area (Å²) in [6.07, 6.45) is 5.13. The van der Waals surface area contributed by atoms with Crippen molar-refractivity contribution in [2.45, 2.75) is 71.8 Å². The lowest BCUT2D eigenvalue weighted by Crippen LogP contribution is -2.42. The van der Waals surface area contributed by atoms with Gasteiger partial charge >= 0.3 is 0 Å². The van der Waals surface area contributed by atoms with Gasteiger partial charge in [0.1, 0.15) is 5.82 Å². The zero-order chi connectivity index (χ0) is 31.0. The molecule has 1 saturated heterocycles. The topological polar surface area (TPSA) is 94.2 Å². The number of carbonyl (C=O) groups is 1. The molecular weight excluding hydrogens is 548 g/mol. The largest absolute Gasteiger partial charge is 0.385 e. The average molecular weight is 598 g/mol. The van der Waals surface area contributed by atoms with Gasteiger partial charge in [0, 0.05) is 61.3 Å². The average Bonchev–Trinajstić information content (AvgIpc) is 2.97. The molecule has 236 valence electrons. The van der Waals surface area contributed by atoms with E-state index in [0.29, 0.717) is 36.1 Å². The molecule has 1 aromatic carbocycles. The van der Waals surface area contributed by atoms with Gasteiger partial charge in [-0.15, -0.1) is 0 Å². The van der Waals surface area contributed by atoms with Crippen LogP contribution in [0.2, 0.25) is 0 Å². The first kappa shape index (κ1) is 33.0. The molecule has 1 aromatic heterocycles. The van der Waals surface area contributed by atoms with E-state index in [4.69, 9.17) is 0 Å². The summed E-state index contributed by atoms with van der Waals surface area (Å²) in [6.45, 7) is 11.1. The van der Waals surface area contributed by atoms with Crippen LogP contribution in [0, 0.1) is 5.41 Å². The Bertz CT molecular complexity index is 1250. The van der Waals surface area contributed by atoms with Crippen LogP contribution in [0.3, 0.4) is 0 Å². The molecular formula is C33H49F2N7O. The molecule has 2 aromatic rings. The number of carbonyl (C=O) groups excluding carboxylic acids is 1. The maximum Gasteiger partial charge on any atom is 0.264 e. The van der Waals surface area contributed by atoms with Crippen LogP contribution in [0.5, 0.6) is 0 Å². The van der Waals surface area contributed by atoms with Crippen molar-refractivity contribution in [3.05, 3.63) is 52.7 Å². The summed E-state index contributed by atoms with van der Waals surface area (Å²) in [7, 11) is 4.01. The molecule has 2 aliphatic rings. The quantitative estimate of drug-likeness (QED) is 0.271. The lowest BCUT2D eigenvalue weighted by atomic mass is 9.87. The number of hydrogen-bond acceptors (Lipinski definition) is 7. The summed E-state index contributed by atoms with van der Waals surface area (Å²) in [4.78, 5) is 23.4. The fourth-order valence-electron chi connectivity index (χ4n) is 5.71. The maximum atomic E-state index is 14.7. The summed E-state index contributed by atoms with van der Waals surface area (Å²) >= 11 is 0. The Labute approximate surface area is 255 Å². The monoisotopic (exact) mass is 597 g/mol. The van der Waals surface area contributed by atoms with Crippen molar-refractivity contribution >= 4 is 11.5 Å². The Hall–Kier alpha value is -2.95. The Morgan fingerprint density at radius 2 is 1.86 bits per heavy atom. The number of nitrogens with zero attached hydrogens (tertiary/aromatic N) is 3. The van der Waals surface area contributed by atoms with E-state index >= 15 is 0 Å². The van der Waals surface area contributed by atoms with Gasteiger partial charge in [0.25, 0.3) is 6.43 Å². The standard InChI is InChI=1S/C33H49F2N7O/c1-33(2,3)21-40-31(43)17-30-38-18-23(19-39-30)25-15-22(7-6-11-36-4)26(16-27(25)32(34)35)28-20-42(5)14-10-29(28)41-24-8-12-37-13-9-24/h15-16,18-19,24,32,36-37,41H,6-14,17,20-21H2,1-5H3,(H,40,43). The van der Waals surface area contributed by atoms with E-state index in [9.17, 15) is 13.6 Å². The van der Waals surface area contributed by atoms with Crippen molar-refractivity contribution in [3.8, 4) is 11.1 Å². The summed E-state index contributed by atoms with van der Waals surface area (Å²) in [5.41, 5.74) is 5.18. The Kier molecular flexibility index (Phi) is 11.6. The fraction of sp³-hybridized carbons (Fsp3) is 0.606. The highest BCUT2D eigenvalue weighted by molar-refractivity contribution is 5.79. The van der Waals surface area contributed by atoms with E-state index < -0.39 is 6.43 Å². The fourth-order valence-corrected chi connectivity index (χ4v) is 5.71. The van der Waals surface area contributed by atoms with E-state index in [0.717, 1.165) is 75.0 Å². The number of rotatable bonds is 12. The third-order valence-electron chi connectivity index (χ3n) is 8.11. The minimum atomic E-state index is -2.66. The molecule has 0 unspecified atom stereocenters. The molecule has 10 heteroatoms. The first-order valence-corrected chi connectivity index (χ1v) is 15.6. The summed E-state index contributed by atoms with van der Waals surface area (Å²) in [5.74, 6) is 0.204. The minimum Gasteiger partial charge on any atom is -0.385 e. The van der Waals surface area contributed by atoms with Crippen molar-refractivity contribution in [3.63, 3.8) is 0 Å². The molecule has 0 radical (unpaired) electrons. The van der Waals surface area contributed by atoms with Crippen molar-refractivity contribution < 1.29 is 13.6 Å². The molecule has 0 atom stereocenters. The first-order valence-electron chi connectivity index (χ1n) is 15.6. The molecule has 0 bridgehead atoms. The number of benzene rings is 1. The van der Waals surface area contributed by atoms with Gasteiger partial charge in [-0.2, -0.15) is 0 Å². The van der Waals surface area contributed by atoms with E-state index in [1.54, 1.807) is 18.5 Å². The van der Waals surface area contributed by atoms with Crippen LogP contribution in [0.25, 0.3) is 16.7 Å². The minimum absolute atomic E-state index is 0.0198. The molecule has 2 aliphatic heterocycles. The molecule has 0 saturated carbocycles. The van der Waals surface area contributed by atoms with Crippen LogP contribution in [0.4, 0.5) is 8.78 Å². The van der Waals surface area contributed by atoms with Gasteiger partial charge in [0.15, 0.2) is 0 Å². The molecule has 0 aliphatic carbocycles. The highest BCUT2D eigenvalue weighted by Gasteiger charge is 2.26. The second kappa shape index (κ2) is 15.2. The predicted octanol–water partition coefficient (Wildman–Crippen LogP) is 4.33. The number of alkyl halides is 2. The lowest BCUT2D eigenvalue weighted by molar-refractivity contribution is -0.120.